The minimum Gasteiger partial charge on any atom is -0.459 e. The van der Waals surface area contributed by atoms with Gasteiger partial charge in [0.05, 0.1) is 6.04 Å². The lowest BCUT2D eigenvalue weighted by Crippen LogP contribution is -2.47. The Morgan fingerprint density at radius 1 is 1.04 bits per heavy atom. The molecule has 1 aliphatic rings. The van der Waals surface area contributed by atoms with Crippen LogP contribution < -0.4 is 5.32 Å². The maximum Gasteiger partial charge on any atom is 0.324 e. The zero-order valence-electron chi connectivity index (χ0n) is 15.4. The normalized spacial score (nSPS) is 20.0. The predicted octanol–water partition coefficient (Wildman–Crippen LogP) is 4.11. The number of ether oxygens (including phenoxy) is 1. The number of nitrogens with one attached hydrogen (secondary N) is 2. The van der Waals surface area contributed by atoms with Gasteiger partial charge in [0.1, 0.15) is 11.6 Å². The highest BCUT2D eigenvalue weighted by Gasteiger charge is 2.35. The summed E-state index contributed by atoms with van der Waals surface area (Å²) in [6, 6.07) is 18.1. The van der Waals surface area contributed by atoms with E-state index in [2.05, 4.69) is 34.6 Å². The average Bonchev–Trinajstić information content (AvgIpc) is 2.99. The van der Waals surface area contributed by atoms with E-state index >= 15 is 0 Å². The summed E-state index contributed by atoms with van der Waals surface area (Å²) in [5.74, 6) is -0.200. The standard InChI is InChI=1S/C22H24N2O2/c1-22(2,3)26-21(25)18-13-16-15-11-7-8-12-17(15)23-20(16)19(24-18)14-9-5-4-6-10-14/h4-12,18-19,23-24H,13H2,1-3H3. The number of rotatable bonds is 2. The lowest BCUT2D eigenvalue weighted by Gasteiger charge is -2.32. The first-order valence-electron chi connectivity index (χ1n) is 9.06. The van der Waals surface area contributed by atoms with Crippen molar-refractivity contribution >= 4 is 16.9 Å². The summed E-state index contributed by atoms with van der Waals surface area (Å²) in [4.78, 5) is 16.3. The van der Waals surface area contributed by atoms with Crippen LogP contribution in [0.15, 0.2) is 54.6 Å². The Labute approximate surface area is 153 Å². The molecule has 0 amide bonds. The van der Waals surface area contributed by atoms with Crippen molar-refractivity contribution in [1.82, 2.24) is 10.3 Å². The van der Waals surface area contributed by atoms with Crippen molar-refractivity contribution in [2.75, 3.05) is 0 Å². The molecular formula is C22H24N2O2. The van der Waals surface area contributed by atoms with Crippen LogP contribution in [0.4, 0.5) is 0 Å². The van der Waals surface area contributed by atoms with Gasteiger partial charge in [-0.3, -0.25) is 10.1 Å². The summed E-state index contributed by atoms with van der Waals surface area (Å²) < 4.78 is 5.65. The van der Waals surface area contributed by atoms with Crippen LogP contribution in [-0.2, 0) is 16.0 Å². The summed E-state index contributed by atoms with van der Waals surface area (Å²) in [6.07, 6.45) is 0.623. The quantitative estimate of drug-likeness (QED) is 0.685. The largest absolute Gasteiger partial charge is 0.459 e. The van der Waals surface area contributed by atoms with Crippen molar-refractivity contribution in [2.24, 2.45) is 0 Å². The van der Waals surface area contributed by atoms with Crippen LogP contribution in [0, 0.1) is 0 Å². The molecule has 2 atom stereocenters. The first-order valence-corrected chi connectivity index (χ1v) is 9.06. The maximum absolute atomic E-state index is 12.8. The molecule has 1 aromatic heterocycles. The molecule has 2 heterocycles. The fourth-order valence-electron chi connectivity index (χ4n) is 3.67. The highest BCUT2D eigenvalue weighted by molar-refractivity contribution is 5.87. The van der Waals surface area contributed by atoms with E-state index in [0.717, 1.165) is 16.8 Å². The van der Waals surface area contributed by atoms with E-state index in [4.69, 9.17) is 4.74 Å². The van der Waals surface area contributed by atoms with Crippen molar-refractivity contribution in [3.63, 3.8) is 0 Å². The average molecular weight is 348 g/mol. The van der Waals surface area contributed by atoms with Crippen LogP contribution in [0.25, 0.3) is 10.9 Å². The van der Waals surface area contributed by atoms with Gasteiger partial charge in [-0.05, 0) is 38.0 Å². The van der Waals surface area contributed by atoms with Crippen molar-refractivity contribution in [3.8, 4) is 0 Å². The molecule has 0 radical (unpaired) electrons. The number of aromatic amines is 1. The number of H-pyrrole nitrogens is 1. The van der Waals surface area contributed by atoms with Crippen molar-refractivity contribution in [1.29, 1.82) is 0 Å². The summed E-state index contributed by atoms with van der Waals surface area (Å²) in [5.41, 5.74) is 4.07. The fourth-order valence-corrected chi connectivity index (χ4v) is 3.67. The number of hydrogen-bond donors (Lipinski definition) is 2. The molecule has 0 saturated heterocycles. The molecule has 0 spiro atoms. The Bertz CT molecular complexity index is 938. The number of carbonyl (C=O) groups excluding carboxylic acids is 1. The minimum absolute atomic E-state index is 0.0649. The Morgan fingerprint density at radius 3 is 2.46 bits per heavy atom. The van der Waals surface area contributed by atoms with E-state index in [1.54, 1.807) is 0 Å². The number of hydrogen-bond acceptors (Lipinski definition) is 3. The molecule has 0 aliphatic carbocycles. The van der Waals surface area contributed by atoms with Crippen LogP contribution in [0.3, 0.4) is 0 Å². The third-order valence-electron chi connectivity index (χ3n) is 4.74. The predicted molar refractivity (Wildman–Crippen MR) is 103 cm³/mol. The fraction of sp³-hybridized carbons (Fsp3) is 0.318. The minimum atomic E-state index is -0.499. The Kier molecular flexibility index (Phi) is 4.08. The van der Waals surface area contributed by atoms with Gasteiger partial charge < -0.3 is 9.72 Å². The molecule has 0 bridgehead atoms. The molecule has 4 heteroatoms. The molecule has 26 heavy (non-hydrogen) atoms. The summed E-state index contributed by atoms with van der Waals surface area (Å²) in [5, 5.41) is 4.68. The van der Waals surface area contributed by atoms with E-state index < -0.39 is 5.60 Å². The monoisotopic (exact) mass is 348 g/mol. The van der Waals surface area contributed by atoms with Gasteiger partial charge in [-0.15, -0.1) is 0 Å². The third-order valence-corrected chi connectivity index (χ3v) is 4.74. The molecule has 4 rings (SSSR count). The number of benzene rings is 2. The molecule has 2 aromatic carbocycles. The van der Waals surface area contributed by atoms with Crippen LogP contribution in [0.5, 0.6) is 0 Å². The van der Waals surface area contributed by atoms with Gasteiger partial charge in [0.25, 0.3) is 0 Å². The molecule has 0 saturated carbocycles. The van der Waals surface area contributed by atoms with E-state index in [0.29, 0.717) is 6.42 Å². The number of esters is 1. The number of fused-ring (bicyclic) bond motifs is 3. The second kappa shape index (κ2) is 6.29. The Hall–Kier alpha value is -2.59. The molecule has 1 aliphatic heterocycles. The third kappa shape index (κ3) is 3.13. The molecule has 4 nitrogen and oxygen atoms in total. The number of para-hydroxylation sites is 1. The first kappa shape index (κ1) is 16.9. The topological polar surface area (TPSA) is 54.1 Å². The van der Waals surface area contributed by atoms with Gasteiger partial charge in [-0.25, -0.2) is 0 Å². The summed E-state index contributed by atoms with van der Waals surface area (Å²) in [6.45, 7) is 5.71. The van der Waals surface area contributed by atoms with E-state index in [1.807, 2.05) is 51.1 Å². The molecule has 2 unspecified atom stereocenters. The van der Waals surface area contributed by atoms with Crippen LogP contribution in [-0.4, -0.2) is 22.6 Å². The summed E-state index contributed by atoms with van der Waals surface area (Å²) >= 11 is 0. The van der Waals surface area contributed by atoms with Crippen LogP contribution in [0.2, 0.25) is 0 Å². The zero-order valence-corrected chi connectivity index (χ0v) is 15.4. The van der Waals surface area contributed by atoms with Crippen LogP contribution >= 0.6 is 0 Å². The van der Waals surface area contributed by atoms with Gasteiger partial charge in [0, 0.05) is 23.0 Å². The van der Waals surface area contributed by atoms with Crippen molar-refractivity contribution < 1.29 is 9.53 Å². The van der Waals surface area contributed by atoms with Gasteiger partial charge in [-0.1, -0.05) is 48.5 Å². The first-order chi connectivity index (χ1) is 12.4. The second-order valence-electron chi connectivity index (χ2n) is 7.86. The summed E-state index contributed by atoms with van der Waals surface area (Å²) in [7, 11) is 0. The van der Waals surface area contributed by atoms with E-state index in [-0.39, 0.29) is 18.1 Å². The SMILES string of the molecule is CC(C)(C)OC(=O)C1Cc2c([nH]c3ccccc23)C(c2ccccc2)N1. The Morgan fingerprint density at radius 2 is 1.73 bits per heavy atom. The molecule has 134 valence electrons. The lowest BCUT2D eigenvalue weighted by molar-refractivity contribution is -0.157. The maximum atomic E-state index is 12.8. The molecule has 0 fully saturated rings. The highest BCUT2D eigenvalue weighted by atomic mass is 16.6. The zero-order chi connectivity index (χ0) is 18.3. The van der Waals surface area contributed by atoms with Crippen LogP contribution in [0.1, 0.15) is 43.6 Å². The van der Waals surface area contributed by atoms with Gasteiger partial charge in [-0.2, -0.15) is 0 Å². The van der Waals surface area contributed by atoms with Crippen molar-refractivity contribution in [2.45, 2.75) is 44.9 Å². The highest BCUT2D eigenvalue weighted by Crippen LogP contribution is 2.35. The molecule has 2 N–H and O–H groups in total. The Balaban J connectivity index is 1.78. The number of carbonyl (C=O) groups is 1. The second-order valence-corrected chi connectivity index (χ2v) is 7.86. The van der Waals surface area contributed by atoms with Gasteiger partial charge in [0.15, 0.2) is 0 Å². The molecular weight excluding hydrogens is 324 g/mol. The molecule has 3 aromatic rings. The van der Waals surface area contributed by atoms with Gasteiger partial charge >= 0.3 is 5.97 Å². The van der Waals surface area contributed by atoms with E-state index in [1.165, 1.54) is 10.9 Å². The number of aromatic nitrogens is 1. The van der Waals surface area contributed by atoms with Crippen molar-refractivity contribution in [3.05, 3.63) is 71.4 Å². The smallest absolute Gasteiger partial charge is 0.324 e. The van der Waals surface area contributed by atoms with Gasteiger partial charge in [0.2, 0.25) is 0 Å². The lowest BCUT2D eigenvalue weighted by atomic mass is 9.90. The van der Waals surface area contributed by atoms with E-state index in [9.17, 15) is 4.79 Å².